The number of ether oxygens (including phenoxy) is 2. The quantitative estimate of drug-likeness (QED) is 0.686. The summed E-state index contributed by atoms with van der Waals surface area (Å²) in [4.78, 5) is 35.9. The highest BCUT2D eigenvalue weighted by Crippen LogP contribution is 2.40. The topological polar surface area (TPSA) is 81.7 Å². The molecule has 1 aliphatic heterocycles. The number of hydrogen-bond acceptors (Lipinski definition) is 6. The van der Waals surface area contributed by atoms with Gasteiger partial charge in [0.05, 0.1) is 12.5 Å². The van der Waals surface area contributed by atoms with Crippen LogP contribution in [0.5, 0.6) is 0 Å². The van der Waals surface area contributed by atoms with E-state index in [0.717, 1.165) is 16.3 Å². The van der Waals surface area contributed by atoms with Crippen LogP contribution < -0.4 is 5.32 Å². The minimum Gasteiger partial charge on any atom is -0.465 e. The van der Waals surface area contributed by atoms with E-state index in [0.29, 0.717) is 0 Å². The second-order valence-electron chi connectivity index (χ2n) is 8.08. The van der Waals surface area contributed by atoms with Gasteiger partial charge in [-0.3, -0.25) is 14.4 Å². The van der Waals surface area contributed by atoms with Gasteiger partial charge in [0, 0.05) is 19.1 Å². The molecule has 5 unspecified atom stereocenters. The minimum absolute atomic E-state index is 0.0190. The van der Waals surface area contributed by atoms with E-state index in [2.05, 4.69) is 12.2 Å². The lowest BCUT2D eigenvalue weighted by Crippen LogP contribution is -2.55. The molecule has 1 fully saturated rings. The van der Waals surface area contributed by atoms with E-state index in [1.54, 1.807) is 0 Å². The van der Waals surface area contributed by atoms with Crippen molar-refractivity contribution in [1.29, 1.82) is 0 Å². The molecule has 7 heteroatoms. The summed E-state index contributed by atoms with van der Waals surface area (Å²) in [6, 6.07) is 13.6. The van der Waals surface area contributed by atoms with Crippen LogP contribution in [0, 0.1) is 11.8 Å². The Bertz CT molecular complexity index is 957. The molecule has 3 rings (SSSR count). The Balaban J connectivity index is 1.74. The number of esters is 2. The van der Waals surface area contributed by atoms with Gasteiger partial charge in [-0.2, -0.15) is 0 Å². The Morgan fingerprint density at radius 2 is 1.68 bits per heavy atom. The predicted octanol–water partition coefficient (Wildman–Crippen LogP) is 3.71. The van der Waals surface area contributed by atoms with E-state index >= 15 is 0 Å². The highest BCUT2D eigenvalue weighted by Gasteiger charge is 2.44. The van der Waals surface area contributed by atoms with Crippen molar-refractivity contribution in [3.63, 3.8) is 0 Å². The van der Waals surface area contributed by atoms with Crippen LogP contribution >= 0.6 is 11.8 Å². The molecule has 2 aromatic carbocycles. The van der Waals surface area contributed by atoms with Gasteiger partial charge in [0.15, 0.2) is 5.44 Å². The minimum atomic E-state index is -0.541. The summed E-state index contributed by atoms with van der Waals surface area (Å²) in [7, 11) is 0. The van der Waals surface area contributed by atoms with Crippen LogP contribution in [-0.2, 0) is 30.3 Å². The maximum Gasteiger partial charge on any atom is 0.303 e. The molecule has 0 aromatic heterocycles. The summed E-state index contributed by atoms with van der Waals surface area (Å²) in [5, 5.41) is 5.23. The molecule has 1 N–H and O–H groups in total. The van der Waals surface area contributed by atoms with Crippen LogP contribution in [0.1, 0.15) is 33.3 Å². The van der Waals surface area contributed by atoms with Gasteiger partial charge in [-0.05, 0) is 28.2 Å². The summed E-state index contributed by atoms with van der Waals surface area (Å²) >= 11 is 1.44. The number of hydrogen-bond donors (Lipinski definition) is 1. The monoisotopic (exact) mass is 443 g/mol. The number of fused-ring (bicyclic) bond motifs is 1. The first kappa shape index (κ1) is 23.1. The third-order valence-corrected chi connectivity index (χ3v) is 7.45. The fourth-order valence-corrected chi connectivity index (χ4v) is 5.67. The van der Waals surface area contributed by atoms with E-state index in [1.807, 2.05) is 49.4 Å². The molecule has 0 bridgehead atoms. The summed E-state index contributed by atoms with van der Waals surface area (Å²) in [6.45, 7) is 7.09. The van der Waals surface area contributed by atoms with Crippen LogP contribution in [-0.4, -0.2) is 41.2 Å². The van der Waals surface area contributed by atoms with Crippen molar-refractivity contribution in [2.45, 2.75) is 50.8 Å². The molecule has 6 nitrogen and oxygen atoms in total. The largest absolute Gasteiger partial charge is 0.465 e. The van der Waals surface area contributed by atoms with Crippen LogP contribution in [0.4, 0.5) is 0 Å². The van der Waals surface area contributed by atoms with Crippen molar-refractivity contribution >= 4 is 40.4 Å². The first-order chi connectivity index (χ1) is 14.8. The van der Waals surface area contributed by atoms with Crippen LogP contribution in [0.15, 0.2) is 42.5 Å². The maximum absolute atomic E-state index is 13.0. The van der Waals surface area contributed by atoms with Gasteiger partial charge < -0.3 is 14.8 Å². The SMILES string of the molecule is CC(=O)OCC1SC(OC(C)=O)C(NC(=O)Cc2cccc3ccccc23)C(C)C1C. The zero-order chi connectivity index (χ0) is 22.5. The number of nitrogens with one attached hydrogen (secondary N) is 1. The molecule has 5 atom stereocenters. The van der Waals surface area contributed by atoms with Gasteiger partial charge in [0.2, 0.25) is 5.91 Å². The lowest BCUT2D eigenvalue weighted by molar-refractivity contribution is -0.146. The number of amides is 1. The highest BCUT2D eigenvalue weighted by atomic mass is 32.2. The zero-order valence-corrected chi connectivity index (χ0v) is 19.1. The zero-order valence-electron chi connectivity index (χ0n) is 18.3. The fraction of sp³-hybridized carbons (Fsp3) is 0.458. The van der Waals surface area contributed by atoms with Crippen LogP contribution in [0.25, 0.3) is 10.8 Å². The average Bonchev–Trinajstić information content (AvgIpc) is 2.72. The molecule has 1 amide bonds. The molecular formula is C24H29NO5S. The van der Waals surface area contributed by atoms with Gasteiger partial charge in [0.25, 0.3) is 0 Å². The lowest BCUT2D eigenvalue weighted by atomic mass is 9.85. The second-order valence-corrected chi connectivity index (χ2v) is 9.42. The lowest BCUT2D eigenvalue weighted by Gasteiger charge is -2.43. The Kier molecular flexibility index (Phi) is 7.59. The molecule has 0 aliphatic carbocycles. The second kappa shape index (κ2) is 10.2. The predicted molar refractivity (Wildman–Crippen MR) is 121 cm³/mol. The van der Waals surface area contributed by atoms with Crippen molar-refractivity contribution in [2.75, 3.05) is 6.61 Å². The number of thioether (sulfide) groups is 1. The maximum atomic E-state index is 13.0. The molecule has 0 saturated carbocycles. The van der Waals surface area contributed by atoms with Crippen molar-refractivity contribution in [2.24, 2.45) is 11.8 Å². The average molecular weight is 444 g/mol. The Hall–Kier alpha value is -2.54. The van der Waals surface area contributed by atoms with Gasteiger partial charge in [-0.25, -0.2) is 0 Å². The molecule has 0 radical (unpaired) electrons. The van der Waals surface area contributed by atoms with Crippen molar-refractivity contribution in [3.8, 4) is 0 Å². The molecule has 31 heavy (non-hydrogen) atoms. The summed E-state index contributed by atoms with van der Waals surface area (Å²) < 4.78 is 10.8. The van der Waals surface area contributed by atoms with Crippen molar-refractivity contribution in [1.82, 2.24) is 5.32 Å². The van der Waals surface area contributed by atoms with Crippen LogP contribution in [0.2, 0.25) is 0 Å². The fourth-order valence-electron chi connectivity index (χ4n) is 4.01. The molecule has 2 aromatic rings. The Morgan fingerprint density at radius 3 is 2.39 bits per heavy atom. The summed E-state index contributed by atoms with van der Waals surface area (Å²) in [5.74, 6) is -0.674. The molecule has 166 valence electrons. The first-order valence-electron chi connectivity index (χ1n) is 10.5. The Morgan fingerprint density at radius 1 is 0.968 bits per heavy atom. The van der Waals surface area contributed by atoms with Crippen molar-refractivity contribution in [3.05, 3.63) is 48.0 Å². The van der Waals surface area contributed by atoms with E-state index in [4.69, 9.17) is 9.47 Å². The van der Waals surface area contributed by atoms with E-state index in [1.165, 1.54) is 25.6 Å². The van der Waals surface area contributed by atoms with Crippen molar-refractivity contribution < 1.29 is 23.9 Å². The molecule has 1 heterocycles. The summed E-state index contributed by atoms with van der Waals surface area (Å²) in [5.41, 5.74) is 0.414. The first-order valence-corrected chi connectivity index (χ1v) is 11.4. The van der Waals surface area contributed by atoms with Gasteiger partial charge >= 0.3 is 11.9 Å². The molecular weight excluding hydrogens is 414 g/mol. The number of carbonyl (C=O) groups excluding carboxylic acids is 3. The van der Waals surface area contributed by atoms with E-state index < -0.39 is 11.4 Å². The Labute approximate surface area is 187 Å². The van der Waals surface area contributed by atoms with Gasteiger partial charge in [-0.15, -0.1) is 11.8 Å². The normalized spacial score (nSPS) is 25.6. The van der Waals surface area contributed by atoms with Gasteiger partial charge in [-0.1, -0.05) is 56.3 Å². The molecule has 0 spiro atoms. The molecule has 1 saturated heterocycles. The third-order valence-electron chi connectivity index (χ3n) is 5.88. The number of benzene rings is 2. The third kappa shape index (κ3) is 5.79. The summed E-state index contributed by atoms with van der Waals surface area (Å²) in [6.07, 6.45) is 0.243. The standard InChI is InChI=1S/C24H29NO5S/c1-14-15(2)23(24(30-17(4)27)31-21(14)13-29-16(3)26)25-22(28)12-19-10-7-9-18-8-5-6-11-20(18)19/h5-11,14-15,21,23-24H,12-13H2,1-4H3,(H,25,28). The number of rotatable bonds is 6. The van der Waals surface area contributed by atoms with Crippen LogP contribution in [0.3, 0.4) is 0 Å². The highest BCUT2D eigenvalue weighted by molar-refractivity contribution is 8.00. The van der Waals surface area contributed by atoms with Gasteiger partial charge in [0.1, 0.15) is 6.61 Å². The molecule has 1 aliphatic rings. The van der Waals surface area contributed by atoms with E-state index in [-0.39, 0.29) is 48.0 Å². The number of carbonyl (C=O) groups is 3. The van der Waals surface area contributed by atoms with E-state index in [9.17, 15) is 14.4 Å². The smallest absolute Gasteiger partial charge is 0.303 e.